The van der Waals surface area contributed by atoms with Gasteiger partial charge in [-0.2, -0.15) is 4.39 Å². The number of carbonyl (C=O) groups excluding carboxylic acids is 1. The number of ether oxygens (including phenoxy) is 3. The highest BCUT2D eigenvalue weighted by Gasteiger charge is 2.28. The second kappa shape index (κ2) is 10.4. The number of benzene rings is 1. The van der Waals surface area contributed by atoms with Crippen LogP contribution < -0.4 is 10.3 Å². The molecule has 3 aromatic rings. The predicted octanol–water partition coefficient (Wildman–Crippen LogP) is 4.42. The van der Waals surface area contributed by atoms with Gasteiger partial charge in [0.15, 0.2) is 0 Å². The van der Waals surface area contributed by atoms with Crippen molar-refractivity contribution in [3.8, 4) is 22.6 Å². The highest BCUT2D eigenvalue weighted by molar-refractivity contribution is 6.31. The molecule has 0 saturated carbocycles. The molecule has 0 fully saturated rings. The van der Waals surface area contributed by atoms with Gasteiger partial charge in [-0.25, -0.2) is 9.78 Å². The molecular weight excluding hydrogens is 465 g/mol. The summed E-state index contributed by atoms with van der Waals surface area (Å²) in [6.07, 6.45) is 4.22. The van der Waals surface area contributed by atoms with Crippen LogP contribution in [0.25, 0.3) is 16.8 Å². The molecule has 34 heavy (non-hydrogen) atoms. The molecule has 0 amide bonds. The minimum absolute atomic E-state index is 0.227. The fourth-order valence-electron chi connectivity index (χ4n) is 3.49. The van der Waals surface area contributed by atoms with Gasteiger partial charge in [-0.05, 0) is 39.0 Å². The molecule has 2 aromatic heterocycles. The van der Waals surface area contributed by atoms with E-state index < -0.39 is 29.1 Å². The zero-order valence-corrected chi connectivity index (χ0v) is 20.4. The Hall–Kier alpha value is -3.17. The summed E-state index contributed by atoms with van der Waals surface area (Å²) in [4.78, 5) is 29.8. The number of hydrogen-bond acceptors (Lipinski definition) is 6. The summed E-state index contributed by atoms with van der Waals surface area (Å²) in [6, 6.07) is 5.41. The van der Waals surface area contributed by atoms with Gasteiger partial charge >= 0.3 is 5.97 Å². The molecule has 0 aliphatic heterocycles. The topological polar surface area (TPSA) is 84.6 Å². The lowest BCUT2D eigenvalue weighted by atomic mass is 10.0. The van der Waals surface area contributed by atoms with Crippen molar-refractivity contribution < 1.29 is 23.4 Å². The van der Waals surface area contributed by atoms with Gasteiger partial charge in [0.1, 0.15) is 23.7 Å². The van der Waals surface area contributed by atoms with Crippen molar-refractivity contribution in [2.45, 2.75) is 38.8 Å². The standard InChI is InChI=1S/C24H27ClFN3O5/c1-24(2,3)34-23(31)19(8-9-32-4)29-12-20(33-5)17(11-22(29)30)16-10-15(25)6-7-18(16)28-13-21(26)27-14-28/h6-7,10-14,19H,8-9H2,1-5H3. The van der Waals surface area contributed by atoms with Crippen LogP contribution in [0.3, 0.4) is 0 Å². The first kappa shape index (κ1) is 25.5. The Labute approximate surface area is 201 Å². The van der Waals surface area contributed by atoms with E-state index in [0.717, 1.165) is 0 Å². The van der Waals surface area contributed by atoms with Crippen LogP contribution in [-0.2, 0) is 14.3 Å². The Morgan fingerprint density at radius 3 is 2.50 bits per heavy atom. The maximum absolute atomic E-state index is 13.6. The maximum Gasteiger partial charge on any atom is 0.329 e. The molecule has 0 radical (unpaired) electrons. The lowest BCUT2D eigenvalue weighted by Gasteiger charge is -2.25. The molecule has 0 spiro atoms. The fraction of sp³-hybridized carbons (Fsp3) is 0.375. The molecule has 0 bridgehead atoms. The number of imidazole rings is 1. The van der Waals surface area contributed by atoms with Crippen molar-refractivity contribution in [3.63, 3.8) is 0 Å². The van der Waals surface area contributed by atoms with Crippen molar-refractivity contribution in [3.05, 3.63) is 64.3 Å². The molecule has 1 unspecified atom stereocenters. The number of methoxy groups -OCH3 is 2. The SMILES string of the molecule is COCCC(C(=O)OC(C)(C)C)n1cc(OC)c(-c2cc(Cl)ccc2-n2cnc(F)c2)cc1=O. The number of rotatable bonds is 8. The number of carbonyl (C=O) groups is 1. The summed E-state index contributed by atoms with van der Waals surface area (Å²) >= 11 is 6.24. The van der Waals surface area contributed by atoms with Crippen molar-refractivity contribution >= 4 is 17.6 Å². The van der Waals surface area contributed by atoms with Gasteiger partial charge in [-0.1, -0.05) is 11.6 Å². The van der Waals surface area contributed by atoms with E-state index in [1.807, 2.05) is 0 Å². The maximum atomic E-state index is 13.6. The van der Waals surface area contributed by atoms with Crippen LogP contribution in [0.4, 0.5) is 4.39 Å². The fourth-order valence-corrected chi connectivity index (χ4v) is 3.67. The first-order chi connectivity index (χ1) is 16.0. The monoisotopic (exact) mass is 491 g/mol. The van der Waals surface area contributed by atoms with Gasteiger partial charge in [-0.3, -0.25) is 9.36 Å². The van der Waals surface area contributed by atoms with E-state index in [1.54, 1.807) is 39.0 Å². The molecular formula is C24H27ClFN3O5. The van der Waals surface area contributed by atoms with Crippen molar-refractivity contribution in [1.29, 1.82) is 0 Å². The van der Waals surface area contributed by atoms with Gasteiger partial charge in [0, 0.05) is 42.4 Å². The number of hydrogen-bond donors (Lipinski definition) is 0. The molecule has 8 nitrogen and oxygen atoms in total. The van der Waals surface area contributed by atoms with E-state index >= 15 is 0 Å². The molecule has 0 aliphatic carbocycles. The van der Waals surface area contributed by atoms with Gasteiger partial charge in [0.2, 0.25) is 5.95 Å². The molecule has 1 aromatic carbocycles. The summed E-state index contributed by atoms with van der Waals surface area (Å²) in [5, 5.41) is 0.414. The van der Waals surface area contributed by atoms with Crippen LogP contribution in [0, 0.1) is 5.95 Å². The largest absolute Gasteiger partial charge is 0.495 e. The van der Waals surface area contributed by atoms with E-state index in [4.69, 9.17) is 25.8 Å². The molecule has 1 atom stereocenters. The minimum atomic E-state index is -0.920. The summed E-state index contributed by atoms with van der Waals surface area (Å²) in [6.45, 7) is 5.50. The quantitative estimate of drug-likeness (QED) is 0.434. The van der Waals surface area contributed by atoms with E-state index in [-0.39, 0.29) is 13.0 Å². The van der Waals surface area contributed by atoms with Gasteiger partial charge < -0.3 is 18.8 Å². The third kappa shape index (κ3) is 5.84. The van der Waals surface area contributed by atoms with Gasteiger partial charge in [-0.15, -0.1) is 0 Å². The average Bonchev–Trinajstić information content (AvgIpc) is 3.19. The highest BCUT2D eigenvalue weighted by atomic mass is 35.5. The van der Waals surface area contributed by atoms with Gasteiger partial charge in [0.05, 0.1) is 25.2 Å². The molecule has 2 heterocycles. The second-order valence-corrected chi connectivity index (χ2v) is 9.03. The molecule has 10 heteroatoms. The number of aromatic nitrogens is 3. The van der Waals surface area contributed by atoms with E-state index in [2.05, 4.69) is 4.98 Å². The molecule has 0 saturated heterocycles. The second-order valence-electron chi connectivity index (χ2n) is 8.60. The predicted molar refractivity (Wildman–Crippen MR) is 126 cm³/mol. The van der Waals surface area contributed by atoms with Crippen LogP contribution >= 0.6 is 11.6 Å². The first-order valence-electron chi connectivity index (χ1n) is 10.6. The summed E-state index contributed by atoms with van der Waals surface area (Å²) < 4.78 is 32.6. The molecule has 3 rings (SSSR count). The Bertz CT molecular complexity index is 1230. The zero-order chi connectivity index (χ0) is 25.0. The van der Waals surface area contributed by atoms with Gasteiger partial charge in [0.25, 0.3) is 5.56 Å². The normalized spacial score (nSPS) is 12.4. The van der Waals surface area contributed by atoms with E-state index in [0.29, 0.717) is 27.6 Å². The van der Waals surface area contributed by atoms with Crippen LogP contribution in [0.1, 0.15) is 33.2 Å². The zero-order valence-electron chi connectivity index (χ0n) is 19.7. The smallest absolute Gasteiger partial charge is 0.329 e. The summed E-state index contributed by atoms with van der Waals surface area (Å²) in [5.41, 5.74) is 0.304. The third-order valence-corrected chi connectivity index (χ3v) is 5.19. The van der Waals surface area contributed by atoms with Crippen molar-refractivity contribution in [2.24, 2.45) is 0 Å². The minimum Gasteiger partial charge on any atom is -0.495 e. The van der Waals surface area contributed by atoms with Crippen LogP contribution in [-0.4, -0.2) is 46.5 Å². The van der Waals surface area contributed by atoms with Crippen molar-refractivity contribution in [2.75, 3.05) is 20.8 Å². The lowest BCUT2D eigenvalue weighted by Crippen LogP contribution is -2.35. The Kier molecular flexibility index (Phi) is 7.78. The average molecular weight is 492 g/mol. The number of pyridine rings is 1. The Balaban J connectivity index is 2.15. The van der Waals surface area contributed by atoms with Crippen LogP contribution in [0.5, 0.6) is 5.75 Å². The molecule has 0 N–H and O–H groups in total. The number of esters is 1. The van der Waals surface area contributed by atoms with Crippen LogP contribution in [0.2, 0.25) is 5.02 Å². The third-order valence-electron chi connectivity index (χ3n) is 4.95. The van der Waals surface area contributed by atoms with E-state index in [9.17, 15) is 14.0 Å². The Morgan fingerprint density at radius 1 is 1.18 bits per heavy atom. The lowest BCUT2D eigenvalue weighted by molar-refractivity contribution is -0.159. The highest BCUT2D eigenvalue weighted by Crippen LogP contribution is 2.35. The number of halogens is 2. The first-order valence-corrected chi connectivity index (χ1v) is 10.9. The summed E-state index contributed by atoms with van der Waals surface area (Å²) in [7, 11) is 2.96. The van der Waals surface area contributed by atoms with Crippen molar-refractivity contribution in [1.82, 2.24) is 14.1 Å². The molecule has 182 valence electrons. The Morgan fingerprint density at radius 2 is 1.91 bits per heavy atom. The van der Waals surface area contributed by atoms with E-state index in [1.165, 1.54) is 48.1 Å². The van der Waals surface area contributed by atoms with Crippen LogP contribution in [0.15, 0.2) is 47.8 Å². The molecule has 0 aliphatic rings. The number of nitrogens with zero attached hydrogens (tertiary/aromatic N) is 3. The summed E-state index contributed by atoms with van der Waals surface area (Å²) in [5.74, 6) is -0.893.